The molecule has 21 heteroatoms. The molecule has 0 spiro atoms. The zero-order valence-corrected chi connectivity index (χ0v) is 41.8. The van der Waals surface area contributed by atoms with E-state index in [1.807, 2.05) is 37.6 Å². The van der Waals surface area contributed by atoms with Crippen LogP contribution in [0.3, 0.4) is 0 Å². The van der Waals surface area contributed by atoms with Gasteiger partial charge in [0, 0.05) is 106 Å². The van der Waals surface area contributed by atoms with E-state index in [-0.39, 0.29) is 12.8 Å². The van der Waals surface area contributed by atoms with Gasteiger partial charge in [-0.3, -0.25) is 48.9 Å². The molecule has 70 heavy (non-hydrogen) atoms. The third-order valence-corrected chi connectivity index (χ3v) is 15.8. The highest BCUT2D eigenvalue weighted by Crippen LogP contribution is 2.43. The number of nitrogens with one attached hydrogen (secondary N) is 3. The summed E-state index contributed by atoms with van der Waals surface area (Å²) >= 11 is 3.60. The third kappa shape index (κ3) is 9.34. The quantitative estimate of drug-likeness (QED) is 0.0874. The first-order valence-electron chi connectivity index (χ1n) is 23.4. The van der Waals surface area contributed by atoms with Crippen LogP contribution in [0.4, 0.5) is 34.5 Å². The van der Waals surface area contributed by atoms with Crippen LogP contribution in [0.25, 0.3) is 22.2 Å². The number of benzene rings is 3. The third-order valence-electron chi connectivity index (χ3n) is 13.7. The lowest BCUT2D eigenvalue weighted by molar-refractivity contribution is -0.136. The first-order valence-corrected chi connectivity index (χ1v) is 26.8. The van der Waals surface area contributed by atoms with Gasteiger partial charge in [0.1, 0.15) is 30.3 Å². The minimum Gasteiger partial charge on any atom is -0.494 e. The highest BCUT2D eigenvalue weighted by molar-refractivity contribution is 9.10. The molecule has 4 aliphatic heterocycles. The van der Waals surface area contributed by atoms with Gasteiger partial charge in [0.15, 0.2) is 0 Å². The summed E-state index contributed by atoms with van der Waals surface area (Å²) in [7, 11) is 0.740. The smallest absolute Gasteiger partial charge is 0.262 e. The van der Waals surface area contributed by atoms with Gasteiger partial charge in [-0.05, 0) is 104 Å². The van der Waals surface area contributed by atoms with E-state index in [1.165, 1.54) is 0 Å². The molecular formula is C49H53BrN13O6P. The van der Waals surface area contributed by atoms with Gasteiger partial charge >= 0.3 is 0 Å². The second-order valence-corrected chi connectivity index (χ2v) is 22.6. The standard InChI is InChI=1S/C49H53BrN13O6P/c1-59-28-30(26-54-59)33-24-38(56-49-53-27-35(50)45(58-49)55-37-8-7-36-43(52-15-14-51-36)44(37)70(3,4)68)41(69-2)25-40(33)62-21-19-60(20-22-62)16-11-29-12-17-61(18-13-29)31-5-6-32-34(23-31)48(67)63(47(32)66)39-9-10-42(64)57-46(39)65/h5-8,14-15,23-29,39H,9-13,16-22H2,1-4H3,(H,57,64,65)(H2,53,55,56,58). The van der Waals surface area contributed by atoms with Gasteiger partial charge in [0.2, 0.25) is 17.8 Å². The second-order valence-electron chi connectivity index (χ2n) is 18.6. The minimum absolute atomic E-state index is 0.0860. The number of aromatic nitrogens is 6. The number of amides is 4. The second kappa shape index (κ2) is 19.2. The SMILES string of the molecule is COc1cc(N2CCN(CCC3CCN(c4ccc5c(c4)C(=O)N(C4CCC(=O)NC4=O)C5=O)CC3)CC2)c(-c2cnn(C)c2)cc1Nc1ncc(Br)c(Nc2ccc3nccnc3c2P(C)(C)=O)n1. The maximum absolute atomic E-state index is 13.6. The lowest BCUT2D eigenvalue weighted by Gasteiger charge is -2.38. The number of aryl methyl sites for hydroxylation is 1. The Morgan fingerprint density at radius 2 is 1.60 bits per heavy atom. The van der Waals surface area contributed by atoms with E-state index in [0.717, 1.165) is 92.5 Å². The molecule has 3 fully saturated rings. The largest absolute Gasteiger partial charge is 0.494 e. The van der Waals surface area contributed by atoms with Crippen LogP contribution in [-0.4, -0.2) is 135 Å². The van der Waals surface area contributed by atoms with Gasteiger partial charge in [-0.2, -0.15) is 10.1 Å². The highest BCUT2D eigenvalue weighted by Gasteiger charge is 2.45. The van der Waals surface area contributed by atoms with Crippen molar-refractivity contribution in [2.24, 2.45) is 13.0 Å². The fraction of sp³-hybridized carbons (Fsp3) is 0.367. The van der Waals surface area contributed by atoms with Crippen LogP contribution in [-0.2, 0) is 21.2 Å². The Kier molecular flexibility index (Phi) is 12.9. The number of methoxy groups -OCH3 is 1. The van der Waals surface area contributed by atoms with Crippen molar-refractivity contribution in [2.45, 2.75) is 38.1 Å². The normalized spacial score (nSPS) is 18.1. The summed E-state index contributed by atoms with van der Waals surface area (Å²) in [6.45, 7) is 9.60. The lowest BCUT2D eigenvalue weighted by Crippen LogP contribution is -2.54. The van der Waals surface area contributed by atoms with E-state index in [2.05, 4.69) is 78.8 Å². The van der Waals surface area contributed by atoms with Gasteiger partial charge in [-0.25, -0.2) is 4.98 Å². The first kappa shape index (κ1) is 46.9. The number of nitrogens with zero attached hydrogens (tertiary/aromatic N) is 10. The fourth-order valence-corrected chi connectivity index (χ4v) is 11.7. The predicted octanol–water partition coefficient (Wildman–Crippen LogP) is 6.16. The summed E-state index contributed by atoms with van der Waals surface area (Å²) in [6.07, 6.45) is 12.1. The van der Waals surface area contributed by atoms with Gasteiger partial charge in [0.25, 0.3) is 11.8 Å². The van der Waals surface area contributed by atoms with E-state index < -0.39 is 36.8 Å². The molecule has 0 radical (unpaired) electrons. The van der Waals surface area contributed by atoms with Crippen molar-refractivity contribution in [3.8, 4) is 16.9 Å². The number of hydrogen-bond donors (Lipinski definition) is 3. The Labute approximate surface area is 412 Å². The van der Waals surface area contributed by atoms with Crippen molar-refractivity contribution in [3.63, 3.8) is 0 Å². The molecule has 3 N–H and O–H groups in total. The van der Waals surface area contributed by atoms with E-state index in [1.54, 1.807) is 55.8 Å². The van der Waals surface area contributed by atoms with Crippen LogP contribution in [0.15, 0.2) is 77.9 Å². The molecule has 19 nitrogen and oxygen atoms in total. The fourth-order valence-electron chi connectivity index (χ4n) is 10.0. The zero-order valence-electron chi connectivity index (χ0n) is 39.3. The Bertz CT molecular complexity index is 3110. The molecule has 1 atom stereocenters. The molecule has 3 aromatic heterocycles. The number of halogens is 1. The van der Waals surface area contributed by atoms with E-state index >= 15 is 0 Å². The average molecular weight is 1030 g/mol. The number of rotatable bonds is 13. The van der Waals surface area contributed by atoms with Gasteiger partial charge in [-0.1, -0.05) is 0 Å². The molecule has 4 aliphatic rings. The summed E-state index contributed by atoms with van der Waals surface area (Å²) < 4.78 is 22.0. The number of anilines is 6. The summed E-state index contributed by atoms with van der Waals surface area (Å²) in [5.41, 5.74) is 7.00. The van der Waals surface area contributed by atoms with Crippen LogP contribution < -0.4 is 35.8 Å². The molecule has 0 aliphatic carbocycles. The predicted molar refractivity (Wildman–Crippen MR) is 271 cm³/mol. The number of piperidine rings is 2. The number of piperazine rings is 1. The molecule has 1 unspecified atom stereocenters. The average Bonchev–Trinajstić information content (AvgIpc) is 3.90. The van der Waals surface area contributed by atoms with E-state index in [0.29, 0.717) is 66.7 Å². The monoisotopic (exact) mass is 1030 g/mol. The van der Waals surface area contributed by atoms with E-state index in [9.17, 15) is 23.7 Å². The molecular weight excluding hydrogens is 978 g/mol. The number of ether oxygens (including phenoxy) is 1. The number of fused-ring (bicyclic) bond motifs is 2. The number of imide groups is 2. The van der Waals surface area contributed by atoms with Gasteiger partial charge < -0.3 is 29.7 Å². The summed E-state index contributed by atoms with van der Waals surface area (Å²) in [5, 5.41) is 14.1. The van der Waals surface area contributed by atoms with Crippen LogP contribution in [0, 0.1) is 5.92 Å². The maximum atomic E-state index is 13.6. The van der Waals surface area contributed by atoms with Crippen LogP contribution >= 0.6 is 23.1 Å². The number of hydrogen-bond acceptors (Lipinski definition) is 16. The summed E-state index contributed by atoms with van der Waals surface area (Å²) in [6, 6.07) is 12.2. The Morgan fingerprint density at radius 3 is 2.33 bits per heavy atom. The molecule has 3 aromatic carbocycles. The Morgan fingerprint density at radius 1 is 0.829 bits per heavy atom. The van der Waals surface area contributed by atoms with Crippen molar-refractivity contribution in [3.05, 3.63) is 89.0 Å². The minimum atomic E-state index is -2.81. The summed E-state index contributed by atoms with van der Waals surface area (Å²) in [4.78, 5) is 77.5. The van der Waals surface area contributed by atoms with E-state index in [4.69, 9.17) is 9.72 Å². The molecule has 10 rings (SSSR count). The van der Waals surface area contributed by atoms with Crippen LogP contribution in [0.1, 0.15) is 52.8 Å². The summed E-state index contributed by atoms with van der Waals surface area (Å²) in [5.74, 6) is 0.00172. The van der Waals surface area contributed by atoms with Crippen LogP contribution in [0.5, 0.6) is 5.75 Å². The molecule has 3 saturated heterocycles. The maximum Gasteiger partial charge on any atom is 0.262 e. The molecule has 4 amide bonds. The van der Waals surface area contributed by atoms with Crippen molar-refractivity contribution < 1.29 is 28.5 Å². The number of carbonyl (C=O) groups excluding carboxylic acids is 4. The number of carbonyl (C=O) groups is 4. The van der Waals surface area contributed by atoms with Crippen LogP contribution in [0.2, 0.25) is 0 Å². The van der Waals surface area contributed by atoms with Gasteiger partial charge in [-0.15, -0.1) is 0 Å². The molecule has 0 saturated carbocycles. The molecule has 7 heterocycles. The molecule has 362 valence electrons. The van der Waals surface area contributed by atoms with Crippen molar-refractivity contribution in [1.82, 2.24) is 44.8 Å². The molecule has 6 aromatic rings. The Hall–Kier alpha value is -6.76. The highest BCUT2D eigenvalue weighted by atomic mass is 79.9. The van der Waals surface area contributed by atoms with Crippen molar-refractivity contribution >= 4 is 97.6 Å². The molecule has 0 bridgehead atoms. The Balaban J connectivity index is 0.778. The zero-order chi connectivity index (χ0) is 48.8. The first-order chi connectivity index (χ1) is 33.7. The van der Waals surface area contributed by atoms with Crippen molar-refractivity contribution in [1.29, 1.82) is 0 Å². The topological polar surface area (TPSA) is 213 Å². The van der Waals surface area contributed by atoms with Gasteiger partial charge in [0.05, 0.1) is 51.1 Å². The lowest BCUT2D eigenvalue weighted by atomic mass is 9.92. The van der Waals surface area contributed by atoms with Crippen molar-refractivity contribution in [2.75, 3.05) is 86.7 Å².